The first-order chi connectivity index (χ1) is 13.7. The number of nitrogen functional groups attached to an aromatic ring is 1. The van der Waals surface area contributed by atoms with Gasteiger partial charge in [0.15, 0.2) is 0 Å². The monoisotopic (exact) mass is 404 g/mol. The third-order valence-electron chi connectivity index (χ3n) is 4.85. The van der Waals surface area contributed by atoms with Crippen LogP contribution in [0.3, 0.4) is 0 Å². The Kier molecular flexibility index (Phi) is 4.37. The molecule has 4 rings (SSSR count). The molecule has 4 N–H and O–H groups in total. The molecule has 9 heteroatoms. The van der Waals surface area contributed by atoms with Gasteiger partial charge in [0.05, 0.1) is 6.20 Å². The summed E-state index contributed by atoms with van der Waals surface area (Å²) in [6, 6.07) is 4.46. The first kappa shape index (κ1) is 19.1. The van der Waals surface area contributed by atoms with Crippen LogP contribution in [0.4, 0.5) is 33.9 Å². The number of alkyl halides is 3. The molecule has 0 saturated heterocycles. The Morgan fingerprint density at radius 1 is 1.28 bits per heavy atom. The van der Waals surface area contributed by atoms with E-state index >= 15 is 0 Å². The quantitative estimate of drug-likeness (QED) is 0.528. The van der Waals surface area contributed by atoms with Crippen LogP contribution in [-0.2, 0) is 12.0 Å². The number of nitrogens with zero attached hydrogens (tertiary/aromatic N) is 1. The summed E-state index contributed by atoms with van der Waals surface area (Å²) in [6.45, 7) is 0. The van der Waals surface area contributed by atoms with Gasteiger partial charge in [0, 0.05) is 23.6 Å². The van der Waals surface area contributed by atoms with Crippen LogP contribution < -0.4 is 16.4 Å². The number of hydrogen-bond donors (Lipinski definition) is 3. The number of rotatable bonds is 2. The molecule has 1 aromatic carbocycles. The number of aromatic nitrogens is 1. The standard InChI is InChI=1S/C20H16F4N4O/c21-15-10-26-17(25)9-13(15)7-12-3-4-14-16(8-12)27-18(29)28-19(14,20(22,23)24)6-5-11-1-2-11/h3-4,8-11H,1-2,7H2,(H2,25,26)(H2,27,28,29)/t19-/m0/s1. The predicted molar refractivity (Wildman–Crippen MR) is 98.2 cm³/mol. The van der Waals surface area contributed by atoms with Crippen LogP contribution in [0.2, 0.25) is 0 Å². The smallest absolute Gasteiger partial charge is 0.384 e. The van der Waals surface area contributed by atoms with Crippen molar-refractivity contribution in [2.24, 2.45) is 5.92 Å². The topological polar surface area (TPSA) is 80.0 Å². The van der Waals surface area contributed by atoms with Crippen molar-refractivity contribution in [3.8, 4) is 11.8 Å². The van der Waals surface area contributed by atoms with Gasteiger partial charge in [-0.1, -0.05) is 24.0 Å². The van der Waals surface area contributed by atoms with E-state index in [1.807, 2.05) is 5.32 Å². The molecular formula is C20H16F4N4O. The van der Waals surface area contributed by atoms with E-state index in [2.05, 4.69) is 22.1 Å². The average Bonchev–Trinajstić information content (AvgIpc) is 3.46. The summed E-state index contributed by atoms with van der Waals surface area (Å²) < 4.78 is 56.1. The van der Waals surface area contributed by atoms with Crippen LogP contribution in [0.5, 0.6) is 0 Å². The van der Waals surface area contributed by atoms with Gasteiger partial charge in [-0.25, -0.2) is 14.2 Å². The Balaban J connectivity index is 1.77. The Morgan fingerprint density at radius 2 is 2.03 bits per heavy atom. The molecule has 2 heterocycles. The number of carbonyl (C=O) groups is 1. The van der Waals surface area contributed by atoms with Crippen LogP contribution in [-0.4, -0.2) is 17.2 Å². The Bertz CT molecular complexity index is 1050. The van der Waals surface area contributed by atoms with Gasteiger partial charge >= 0.3 is 12.2 Å². The normalized spacial score (nSPS) is 20.8. The lowest BCUT2D eigenvalue weighted by molar-refractivity contribution is -0.178. The van der Waals surface area contributed by atoms with Crippen LogP contribution in [0.1, 0.15) is 29.5 Å². The van der Waals surface area contributed by atoms with E-state index in [1.165, 1.54) is 24.3 Å². The average molecular weight is 404 g/mol. The molecule has 0 spiro atoms. The highest BCUT2D eigenvalue weighted by molar-refractivity contribution is 5.95. The van der Waals surface area contributed by atoms with E-state index in [0.717, 1.165) is 19.0 Å². The fourth-order valence-electron chi connectivity index (χ4n) is 3.21. The van der Waals surface area contributed by atoms with E-state index in [1.54, 1.807) is 0 Å². The van der Waals surface area contributed by atoms with Crippen LogP contribution >= 0.6 is 0 Å². The van der Waals surface area contributed by atoms with Crippen molar-refractivity contribution in [3.05, 3.63) is 53.0 Å². The van der Waals surface area contributed by atoms with Crippen LogP contribution in [0, 0.1) is 23.6 Å². The SMILES string of the molecule is Nc1cc(Cc2ccc3c(c2)NC(=O)N[C@]3(C#CC2CC2)C(F)(F)F)c(F)cn1. The zero-order valence-corrected chi connectivity index (χ0v) is 15.0. The second-order valence-electron chi connectivity index (χ2n) is 7.13. The Morgan fingerprint density at radius 3 is 2.72 bits per heavy atom. The van der Waals surface area contributed by atoms with Crippen molar-refractivity contribution in [2.45, 2.75) is 31.0 Å². The van der Waals surface area contributed by atoms with E-state index in [0.29, 0.717) is 5.56 Å². The predicted octanol–water partition coefficient (Wildman–Crippen LogP) is 3.70. The molecule has 1 saturated carbocycles. The summed E-state index contributed by atoms with van der Waals surface area (Å²) in [5, 5.41) is 4.36. The Hall–Kier alpha value is -3.28. The molecule has 0 radical (unpaired) electrons. The van der Waals surface area contributed by atoms with E-state index in [4.69, 9.17) is 5.73 Å². The molecule has 5 nitrogen and oxygen atoms in total. The summed E-state index contributed by atoms with van der Waals surface area (Å²) >= 11 is 0. The van der Waals surface area contributed by atoms with Gasteiger partial charge in [0.1, 0.15) is 11.6 Å². The molecule has 29 heavy (non-hydrogen) atoms. The van der Waals surface area contributed by atoms with Gasteiger partial charge in [-0.2, -0.15) is 13.2 Å². The minimum absolute atomic E-state index is 0.0175. The molecule has 1 aliphatic carbocycles. The number of fused-ring (bicyclic) bond motifs is 1. The first-order valence-corrected chi connectivity index (χ1v) is 8.90. The molecule has 150 valence electrons. The first-order valence-electron chi connectivity index (χ1n) is 8.90. The van der Waals surface area contributed by atoms with E-state index in [9.17, 15) is 22.4 Å². The number of nitrogens with one attached hydrogen (secondary N) is 2. The fraction of sp³-hybridized carbons (Fsp3) is 0.300. The number of urea groups is 1. The molecule has 1 aromatic heterocycles. The van der Waals surface area contributed by atoms with Crippen molar-refractivity contribution in [2.75, 3.05) is 11.1 Å². The zero-order chi connectivity index (χ0) is 20.8. The number of nitrogens with two attached hydrogens (primary N) is 1. The summed E-state index contributed by atoms with van der Waals surface area (Å²) in [7, 11) is 0. The zero-order valence-electron chi connectivity index (χ0n) is 15.0. The largest absolute Gasteiger partial charge is 0.427 e. The van der Waals surface area contributed by atoms with Crippen LogP contribution in [0.25, 0.3) is 0 Å². The third kappa shape index (κ3) is 3.58. The van der Waals surface area contributed by atoms with Crippen molar-refractivity contribution in [1.29, 1.82) is 0 Å². The number of amides is 2. The van der Waals surface area contributed by atoms with Gasteiger partial charge in [-0.15, -0.1) is 0 Å². The number of benzene rings is 1. The lowest BCUT2D eigenvalue weighted by atomic mass is 9.85. The van der Waals surface area contributed by atoms with E-state index < -0.39 is 23.6 Å². The minimum Gasteiger partial charge on any atom is -0.384 e. The van der Waals surface area contributed by atoms with Gasteiger partial charge in [-0.3, -0.25) is 0 Å². The summed E-state index contributed by atoms with van der Waals surface area (Å²) in [4.78, 5) is 15.7. The lowest BCUT2D eigenvalue weighted by Crippen LogP contribution is -2.59. The van der Waals surface area contributed by atoms with Gasteiger partial charge in [0.25, 0.3) is 0 Å². The number of carbonyl (C=O) groups excluding carboxylic acids is 1. The van der Waals surface area contributed by atoms with Crippen molar-refractivity contribution >= 4 is 17.5 Å². The van der Waals surface area contributed by atoms with Gasteiger partial charge in [-0.05, 0) is 36.1 Å². The highest BCUT2D eigenvalue weighted by Crippen LogP contribution is 2.44. The van der Waals surface area contributed by atoms with Crippen molar-refractivity contribution in [1.82, 2.24) is 10.3 Å². The second-order valence-corrected chi connectivity index (χ2v) is 7.13. The summed E-state index contributed by atoms with van der Waals surface area (Å²) in [5.74, 6) is 4.37. The molecule has 1 atom stereocenters. The molecular weight excluding hydrogens is 388 g/mol. The van der Waals surface area contributed by atoms with Crippen LogP contribution in [0.15, 0.2) is 30.5 Å². The summed E-state index contributed by atoms with van der Waals surface area (Å²) in [5.41, 5.74) is 3.31. The number of pyridine rings is 1. The summed E-state index contributed by atoms with van der Waals surface area (Å²) in [6.07, 6.45) is -2.27. The maximum absolute atomic E-state index is 14.0. The molecule has 2 amide bonds. The molecule has 2 aliphatic rings. The molecule has 1 fully saturated rings. The fourth-order valence-corrected chi connectivity index (χ4v) is 3.21. The molecule has 0 bridgehead atoms. The number of hydrogen-bond acceptors (Lipinski definition) is 3. The third-order valence-corrected chi connectivity index (χ3v) is 4.85. The van der Waals surface area contributed by atoms with Gasteiger partial charge < -0.3 is 16.4 Å². The second kappa shape index (κ2) is 6.65. The van der Waals surface area contributed by atoms with E-state index in [-0.39, 0.29) is 35.0 Å². The highest BCUT2D eigenvalue weighted by Gasteiger charge is 2.59. The minimum atomic E-state index is -4.82. The number of anilines is 2. The molecule has 1 aliphatic heterocycles. The highest BCUT2D eigenvalue weighted by atomic mass is 19.4. The lowest BCUT2D eigenvalue weighted by Gasteiger charge is -2.37. The number of halogens is 4. The molecule has 0 unspecified atom stereocenters. The maximum atomic E-state index is 14.0. The van der Waals surface area contributed by atoms with Crippen molar-refractivity contribution < 1.29 is 22.4 Å². The maximum Gasteiger partial charge on any atom is 0.427 e. The van der Waals surface area contributed by atoms with Gasteiger partial charge in [0.2, 0.25) is 5.54 Å². The van der Waals surface area contributed by atoms with Crippen molar-refractivity contribution in [3.63, 3.8) is 0 Å². The Labute approximate surface area is 163 Å². The molecule has 2 aromatic rings.